The molecular formula is C19H33N3O3. The van der Waals surface area contributed by atoms with Gasteiger partial charge in [0, 0.05) is 13.1 Å². The Morgan fingerprint density at radius 3 is 2.52 bits per heavy atom. The van der Waals surface area contributed by atoms with Crippen molar-refractivity contribution in [1.82, 2.24) is 10.6 Å². The van der Waals surface area contributed by atoms with Gasteiger partial charge in [0.05, 0.1) is 20.3 Å². The lowest BCUT2D eigenvalue weighted by Crippen LogP contribution is -2.39. The SMILES string of the molecule is CCNC(=NCc1ccc(OCCO)c(OC)c1)NCC(CC)CC. The van der Waals surface area contributed by atoms with Crippen LogP contribution < -0.4 is 20.1 Å². The Balaban J connectivity index is 2.74. The van der Waals surface area contributed by atoms with E-state index in [4.69, 9.17) is 14.6 Å². The van der Waals surface area contributed by atoms with E-state index >= 15 is 0 Å². The van der Waals surface area contributed by atoms with Crippen molar-refractivity contribution in [1.29, 1.82) is 0 Å². The number of ether oxygens (including phenoxy) is 2. The molecule has 1 rings (SSSR count). The van der Waals surface area contributed by atoms with Gasteiger partial charge in [0.2, 0.25) is 0 Å². The summed E-state index contributed by atoms with van der Waals surface area (Å²) in [6.07, 6.45) is 2.32. The van der Waals surface area contributed by atoms with E-state index in [9.17, 15) is 0 Å². The fourth-order valence-corrected chi connectivity index (χ4v) is 2.42. The molecule has 6 heteroatoms. The lowest BCUT2D eigenvalue weighted by molar-refractivity contribution is 0.196. The van der Waals surface area contributed by atoms with E-state index in [1.807, 2.05) is 18.2 Å². The quantitative estimate of drug-likeness (QED) is 0.422. The highest BCUT2D eigenvalue weighted by Crippen LogP contribution is 2.28. The number of rotatable bonds is 11. The second-order valence-electron chi connectivity index (χ2n) is 5.82. The van der Waals surface area contributed by atoms with E-state index in [1.165, 1.54) is 0 Å². The van der Waals surface area contributed by atoms with E-state index in [1.54, 1.807) is 7.11 Å². The standard InChI is InChI=1S/C19H33N3O3/c1-5-15(6-2)13-21-19(20-7-3)22-14-16-8-9-17(25-11-10-23)18(12-16)24-4/h8-9,12,15,23H,5-7,10-11,13-14H2,1-4H3,(H2,20,21,22). The molecule has 1 aromatic carbocycles. The molecule has 3 N–H and O–H groups in total. The zero-order valence-corrected chi connectivity index (χ0v) is 16.0. The van der Waals surface area contributed by atoms with E-state index in [0.717, 1.165) is 37.5 Å². The van der Waals surface area contributed by atoms with Crippen LogP contribution in [0.25, 0.3) is 0 Å². The van der Waals surface area contributed by atoms with Gasteiger partial charge in [-0.2, -0.15) is 0 Å². The van der Waals surface area contributed by atoms with Crippen LogP contribution in [0.3, 0.4) is 0 Å². The highest BCUT2D eigenvalue weighted by molar-refractivity contribution is 5.79. The first-order chi connectivity index (χ1) is 12.2. The molecule has 0 amide bonds. The number of aliphatic imine (C=N–C) groups is 1. The summed E-state index contributed by atoms with van der Waals surface area (Å²) in [6.45, 7) is 9.02. The first kappa shape index (κ1) is 21.1. The van der Waals surface area contributed by atoms with Crippen molar-refractivity contribution in [2.75, 3.05) is 33.4 Å². The molecule has 0 aliphatic rings. The number of guanidine groups is 1. The third kappa shape index (κ3) is 7.65. The molecule has 142 valence electrons. The van der Waals surface area contributed by atoms with Gasteiger partial charge in [-0.25, -0.2) is 4.99 Å². The van der Waals surface area contributed by atoms with E-state index in [0.29, 0.717) is 24.0 Å². The second-order valence-corrected chi connectivity index (χ2v) is 5.82. The molecule has 0 aliphatic heterocycles. The van der Waals surface area contributed by atoms with Crippen LogP contribution in [0.4, 0.5) is 0 Å². The fraction of sp³-hybridized carbons (Fsp3) is 0.632. The van der Waals surface area contributed by atoms with Gasteiger partial charge in [0.25, 0.3) is 0 Å². The van der Waals surface area contributed by atoms with Gasteiger partial charge in [-0.3, -0.25) is 0 Å². The molecule has 0 aromatic heterocycles. The maximum absolute atomic E-state index is 8.87. The number of methoxy groups -OCH3 is 1. The summed E-state index contributed by atoms with van der Waals surface area (Å²) >= 11 is 0. The zero-order valence-electron chi connectivity index (χ0n) is 16.0. The van der Waals surface area contributed by atoms with Gasteiger partial charge in [0.15, 0.2) is 17.5 Å². The van der Waals surface area contributed by atoms with Crippen LogP contribution in [-0.4, -0.2) is 44.5 Å². The maximum Gasteiger partial charge on any atom is 0.191 e. The smallest absolute Gasteiger partial charge is 0.191 e. The van der Waals surface area contributed by atoms with E-state index in [-0.39, 0.29) is 13.2 Å². The molecule has 0 saturated carbocycles. The molecule has 0 bridgehead atoms. The summed E-state index contributed by atoms with van der Waals surface area (Å²) in [6, 6.07) is 5.73. The van der Waals surface area contributed by atoms with Crippen LogP contribution in [0.2, 0.25) is 0 Å². The van der Waals surface area contributed by atoms with E-state index < -0.39 is 0 Å². The second kappa shape index (κ2) is 12.4. The molecule has 0 unspecified atom stereocenters. The minimum absolute atomic E-state index is 0.0244. The highest BCUT2D eigenvalue weighted by Gasteiger charge is 2.07. The molecule has 25 heavy (non-hydrogen) atoms. The van der Waals surface area contributed by atoms with Crippen LogP contribution in [0.15, 0.2) is 23.2 Å². The number of nitrogens with zero attached hydrogens (tertiary/aromatic N) is 1. The van der Waals surface area contributed by atoms with Gasteiger partial charge in [-0.1, -0.05) is 32.8 Å². The fourth-order valence-electron chi connectivity index (χ4n) is 2.42. The Kier molecular flexibility index (Phi) is 10.5. The van der Waals surface area contributed by atoms with Crippen molar-refractivity contribution in [3.8, 4) is 11.5 Å². The molecule has 0 fully saturated rings. The van der Waals surface area contributed by atoms with Crippen LogP contribution in [0.5, 0.6) is 11.5 Å². The minimum atomic E-state index is -0.0244. The van der Waals surface area contributed by atoms with Crippen LogP contribution in [0, 0.1) is 5.92 Å². The Labute approximate surface area is 151 Å². The number of nitrogens with one attached hydrogen (secondary N) is 2. The highest BCUT2D eigenvalue weighted by atomic mass is 16.5. The number of benzene rings is 1. The average Bonchev–Trinajstić information content (AvgIpc) is 2.65. The predicted molar refractivity (Wildman–Crippen MR) is 102 cm³/mol. The monoisotopic (exact) mass is 351 g/mol. The molecule has 0 heterocycles. The predicted octanol–water partition coefficient (Wildman–Crippen LogP) is 2.56. The third-order valence-corrected chi connectivity index (χ3v) is 4.05. The van der Waals surface area contributed by atoms with Crippen LogP contribution in [0.1, 0.15) is 39.2 Å². The van der Waals surface area contributed by atoms with Crippen LogP contribution >= 0.6 is 0 Å². The first-order valence-corrected chi connectivity index (χ1v) is 9.11. The lowest BCUT2D eigenvalue weighted by Gasteiger charge is -2.16. The zero-order chi connectivity index (χ0) is 18.5. The summed E-state index contributed by atoms with van der Waals surface area (Å²) in [4.78, 5) is 4.65. The van der Waals surface area contributed by atoms with Gasteiger partial charge in [-0.15, -0.1) is 0 Å². The molecule has 6 nitrogen and oxygen atoms in total. The van der Waals surface area contributed by atoms with Crippen molar-refractivity contribution < 1.29 is 14.6 Å². The molecule has 0 saturated heterocycles. The number of aliphatic hydroxyl groups is 1. The van der Waals surface area contributed by atoms with E-state index in [2.05, 4.69) is 36.4 Å². The summed E-state index contributed by atoms with van der Waals surface area (Å²) in [5.74, 6) is 2.76. The Hall–Kier alpha value is -1.95. The molecule has 0 spiro atoms. The average molecular weight is 351 g/mol. The summed E-state index contributed by atoms with van der Waals surface area (Å²) in [5.41, 5.74) is 1.04. The largest absolute Gasteiger partial charge is 0.493 e. The molecule has 0 atom stereocenters. The van der Waals surface area contributed by atoms with Crippen molar-refractivity contribution in [3.05, 3.63) is 23.8 Å². The third-order valence-electron chi connectivity index (χ3n) is 4.05. The Morgan fingerprint density at radius 2 is 1.92 bits per heavy atom. The number of hydrogen-bond acceptors (Lipinski definition) is 4. The molecule has 1 aromatic rings. The van der Waals surface area contributed by atoms with Gasteiger partial charge in [0.1, 0.15) is 6.61 Å². The minimum Gasteiger partial charge on any atom is -0.493 e. The normalized spacial score (nSPS) is 11.5. The Morgan fingerprint density at radius 1 is 1.16 bits per heavy atom. The lowest BCUT2D eigenvalue weighted by atomic mass is 10.0. The van der Waals surface area contributed by atoms with Crippen molar-refractivity contribution >= 4 is 5.96 Å². The topological polar surface area (TPSA) is 75.1 Å². The Bertz CT molecular complexity index is 517. The molecular weight excluding hydrogens is 318 g/mol. The summed E-state index contributed by atoms with van der Waals surface area (Å²) in [5, 5.41) is 15.6. The molecule has 0 radical (unpaired) electrons. The van der Waals surface area contributed by atoms with Gasteiger partial charge < -0.3 is 25.2 Å². The van der Waals surface area contributed by atoms with Crippen LogP contribution in [-0.2, 0) is 6.54 Å². The number of aliphatic hydroxyl groups excluding tert-OH is 1. The first-order valence-electron chi connectivity index (χ1n) is 9.11. The van der Waals surface area contributed by atoms with Crippen molar-refractivity contribution in [3.63, 3.8) is 0 Å². The maximum atomic E-state index is 8.87. The molecule has 0 aliphatic carbocycles. The van der Waals surface area contributed by atoms with Crippen molar-refractivity contribution in [2.24, 2.45) is 10.9 Å². The summed E-state index contributed by atoms with van der Waals surface area (Å²) < 4.78 is 10.8. The number of hydrogen-bond donors (Lipinski definition) is 3. The van der Waals surface area contributed by atoms with Gasteiger partial charge >= 0.3 is 0 Å². The van der Waals surface area contributed by atoms with Crippen molar-refractivity contribution in [2.45, 2.75) is 40.2 Å². The van der Waals surface area contributed by atoms with Gasteiger partial charge in [-0.05, 0) is 30.5 Å². The summed E-state index contributed by atoms with van der Waals surface area (Å²) in [7, 11) is 1.61.